The predicted molar refractivity (Wildman–Crippen MR) is 80.1 cm³/mol. The molecule has 0 bridgehead atoms. The summed E-state index contributed by atoms with van der Waals surface area (Å²) >= 11 is 0. The fraction of sp³-hybridized carbons (Fsp3) is 0.529. The molecule has 1 radical (unpaired) electrons. The third kappa shape index (κ3) is 5.06. The minimum absolute atomic E-state index is 0.253. The van der Waals surface area contributed by atoms with E-state index in [0.29, 0.717) is 12.5 Å². The Kier molecular flexibility index (Phi) is 6.22. The Morgan fingerprint density at radius 1 is 1.05 bits per heavy atom. The van der Waals surface area contributed by atoms with Gasteiger partial charge < -0.3 is 10.0 Å². The third-order valence-electron chi connectivity index (χ3n) is 3.91. The average Bonchev–Trinajstić information content (AvgIpc) is 2.49. The van der Waals surface area contributed by atoms with Crippen molar-refractivity contribution in [1.29, 1.82) is 0 Å². The molecule has 1 aromatic carbocycles. The van der Waals surface area contributed by atoms with E-state index in [0.717, 1.165) is 57.3 Å². The molecule has 0 unspecified atom stereocenters. The normalized spacial score (nSPS) is 17.2. The number of Topliss-reactive ketones (excluding diaryl/α,β-unsaturated/α-hetero) is 1. The standard InChI is InChI=1S/C17H24NO2/c19-16-10-13-18(14-11-16)12-6-2-5-9-17(20)15-7-3-1-4-8-15/h1,3-4,7-8,19H,2,5-6,9-14H2. The summed E-state index contributed by atoms with van der Waals surface area (Å²) < 4.78 is 0. The number of carbonyl (C=O) groups excluding carboxylic acids is 1. The number of hydrogen-bond donors (Lipinski definition) is 1. The first-order valence-electron chi connectivity index (χ1n) is 7.60. The Morgan fingerprint density at radius 2 is 1.75 bits per heavy atom. The Morgan fingerprint density at radius 3 is 2.45 bits per heavy atom. The van der Waals surface area contributed by atoms with Crippen molar-refractivity contribution in [2.45, 2.75) is 38.5 Å². The maximum absolute atomic E-state index is 11.9. The number of benzene rings is 1. The van der Waals surface area contributed by atoms with Gasteiger partial charge in [-0.25, -0.2) is 0 Å². The van der Waals surface area contributed by atoms with Crippen molar-refractivity contribution in [3.05, 3.63) is 42.0 Å². The van der Waals surface area contributed by atoms with Crippen LogP contribution in [0, 0.1) is 6.10 Å². The van der Waals surface area contributed by atoms with E-state index in [9.17, 15) is 9.90 Å². The Balaban J connectivity index is 1.55. The molecule has 0 amide bonds. The zero-order valence-electron chi connectivity index (χ0n) is 12.1. The van der Waals surface area contributed by atoms with Gasteiger partial charge in [-0.2, -0.15) is 0 Å². The molecule has 2 rings (SSSR count). The molecule has 0 spiro atoms. The van der Waals surface area contributed by atoms with Crippen LogP contribution in [0.4, 0.5) is 0 Å². The van der Waals surface area contributed by atoms with Crippen molar-refractivity contribution < 1.29 is 9.90 Å². The second-order valence-electron chi connectivity index (χ2n) is 5.51. The highest BCUT2D eigenvalue weighted by molar-refractivity contribution is 5.95. The second kappa shape index (κ2) is 8.18. The summed E-state index contributed by atoms with van der Waals surface area (Å²) in [5, 5.41) is 9.36. The van der Waals surface area contributed by atoms with Gasteiger partial charge in [0, 0.05) is 25.1 Å². The molecule has 1 aliphatic rings. The zero-order chi connectivity index (χ0) is 14.2. The number of piperidine rings is 1. The number of likely N-dealkylation sites (tertiary alicyclic amines) is 1. The number of aliphatic hydroxyl groups is 1. The molecule has 0 aliphatic carbocycles. The van der Waals surface area contributed by atoms with Crippen molar-refractivity contribution in [3.63, 3.8) is 0 Å². The van der Waals surface area contributed by atoms with Crippen LogP contribution in [0.1, 0.15) is 48.9 Å². The first kappa shape index (κ1) is 15.2. The van der Waals surface area contributed by atoms with Crippen LogP contribution in [0.5, 0.6) is 0 Å². The van der Waals surface area contributed by atoms with Crippen LogP contribution in [0.3, 0.4) is 0 Å². The highest BCUT2D eigenvalue weighted by Gasteiger charge is 2.16. The molecular weight excluding hydrogens is 250 g/mol. The highest BCUT2D eigenvalue weighted by Crippen LogP contribution is 2.16. The molecule has 0 atom stereocenters. The van der Waals surface area contributed by atoms with Crippen LogP contribution in [-0.2, 0) is 0 Å². The minimum Gasteiger partial charge on any atom is -0.387 e. The van der Waals surface area contributed by atoms with Crippen molar-refractivity contribution in [3.8, 4) is 0 Å². The summed E-state index contributed by atoms with van der Waals surface area (Å²) in [5.74, 6) is 0.253. The average molecular weight is 274 g/mol. The number of ketones is 1. The van der Waals surface area contributed by atoms with E-state index < -0.39 is 0 Å². The molecule has 1 fully saturated rings. The van der Waals surface area contributed by atoms with E-state index >= 15 is 0 Å². The van der Waals surface area contributed by atoms with Gasteiger partial charge in [-0.05, 0) is 32.2 Å². The van der Waals surface area contributed by atoms with Gasteiger partial charge in [0.15, 0.2) is 5.78 Å². The van der Waals surface area contributed by atoms with E-state index in [4.69, 9.17) is 0 Å². The van der Waals surface area contributed by atoms with Crippen molar-refractivity contribution in [2.24, 2.45) is 0 Å². The number of carbonyl (C=O) groups is 1. The summed E-state index contributed by atoms with van der Waals surface area (Å²) in [6.07, 6.45) is 6.17. The van der Waals surface area contributed by atoms with Crippen LogP contribution in [0.25, 0.3) is 0 Å². The number of rotatable bonds is 7. The van der Waals surface area contributed by atoms with E-state index in [1.807, 2.05) is 30.3 Å². The van der Waals surface area contributed by atoms with E-state index in [1.165, 1.54) is 0 Å². The van der Waals surface area contributed by atoms with Crippen molar-refractivity contribution in [2.75, 3.05) is 19.6 Å². The smallest absolute Gasteiger partial charge is 0.162 e. The topological polar surface area (TPSA) is 40.5 Å². The number of unbranched alkanes of at least 4 members (excludes halogenated alkanes) is 2. The van der Waals surface area contributed by atoms with Gasteiger partial charge in [0.25, 0.3) is 0 Å². The number of hydrogen-bond acceptors (Lipinski definition) is 3. The molecular formula is C17H24NO2. The SMILES string of the molecule is O=C(CCCCCN1CC[C](O)CC1)c1ccccc1. The molecule has 1 aliphatic heterocycles. The molecule has 3 heteroatoms. The second-order valence-corrected chi connectivity index (χ2v) is 5.51. The van der Waals surface area contributed by atoms with E-state index in [-0.39, 0.29) is 5.78 Å². The molecule has 1 aromatic rings. The minimum atomic E-state index is 0.253. The molecule has 20 heavy (non-hydrogen) atoms. The van der Waals surface area contributed by atoms with Crippen LogP contribution >= 0.6 is 0 Å². The molecule has 1 N–H and O–H groups in total. The zero-order valence-corrected chi connectivity index (χ0v) is 12.1. The van der Waals surface area contributed by atoms with Gasteiger partial charge in [0.2, 0.25) is 0 Å². The third-order valence-corrected chi connectivity index (χ3v) is 3.91. The van der Waals surface area contributed by atoms with Gasteiger partial charge in [-0.15, -0.1) is 0 Å². The summed E-state index contributed by atoms with van der Waals surface area (Å²) in [4.78, 5) is 14.3. The Hall–Kier alpha value is -1.19. The number of aliphatic hydroxyl groups excluding tert-OH is 1. The largest absolute Gasteiger partial charge is 0.387 e. The first-order chi connectivity index (χ1) is 9.75. The molecule has 109 valence electrons. The number of nitrogens with zero attached hydrogens (tertiary/aromatic N) is 1. The quantitative estimate of drug-likeness (QED) is 0.611. The summed E-state index contributed by atoms with van der Waals surface area (Å²) in [5.41, 5.74) is 0.828. The van der Waals surface area contributed by atoms with Crippen molar-refractivity contribution >= 4 is 5.78 Å². The molecule has 1 heterocycles. The lowest BCUT2D eigenvalue weighted by Gasteiger charge is -2.28. The lowest BCUT2D eigenvalue weighted by atomic mass is 10.0. The molecule has 3 nitrogen and oxygen atoms in total. The molecule has 0 aromatic heterocycles. The highest BCUT2D eigenvalue weighted by atomic mass is 16.3. The van der Waals surface area contributed by atoms with Gasteiger partial charge in [0.1, 0.15) is 0 Å². The van der Waals surface area contributed by atoms with Crippen LogP contribution in [-0.4, -0.2) is 35.4 Å². The molecule has 1 saturated heterocycles. The van der Waals surface area contributed by atoms with E-state index in [1.54, 1.807) is 0 Å². The maximum atomic E-state index is 11.9. The van der Waals surface area contributed by atoms with Crippen LogP contribution in [0.15, 0.2) is 30.3 Å². The van der Waals surface area contributed by atoms with E-state index in [2.05, 4.69) is 4.90 Å². The molecule has 0 saturated carbocycles. The monoisotopic (exact) mass is 274 g/mol. The van der Waals surface area contributed by atoms with Crippen LogP contribution in [0.2, 0.25) is 0 Å². The maximum Gasteiger partial charge on any atom is 0.162 e. The van der Waals surface area contributed by atoms with Crippen LogP contribution < -0.4 is 0 Å². The fourth-order valence-corrected chi connectivity index (χ4v) is 2.60. The summed E-state index contributed by atoms with van der Waals surface area (Å²) in [6, 6.07) is 9.54. The first-order valence-corrected chi connectivity index (χ1v) is 7.60. The fourth-order valence-electron chi connectivity index (χ4n) is 2.60. The Bertz CT molecular complexity index is 397. The van der Waals surface area contributed by atoms with Gasteiger partial charge in [-0.3, -0.25) is 4.79 Å². The van der Waals surface area contributed by atoms with Gasteiger partial charge in [0.05, 0.1) is 6.10 Å². The lowest BCUT2D eigenvalue weighted by Crippen LogP contribution is -2.33. The predicted octanol–water partition coefficient (Wildman–Crippen LogP) is 3.43. The Labute approximate surface area is 121 Å². The lowest BCUT2D eigenvalue weighted by molar-refractivity contribution is 0.0978. The van der Waals surface area contributed by atoms with Gasteiger partial charge >= 0.3 is 0 Å². The van der Waals surface area contributed by atoms with Crippen molar-refractivity contribution in [1.82, 2.24) is 4.90 Å². The summed E-state index contributed by atoms with van der Waals surface area (Å²) in [7, 11) is 0. The van der Waals surface area contributed by atoms with Gasteiger partial charge in [-0.1, -0.05) is 36.8 Å². The summed E-state index contributed by atoms with van der Waals surface area (Å²) in [6.45, 7) is 3.05.